The first-order chi connectivity index (χ1) is 14.1. The van der Waals surface area contributed by atoms with Crippen LogP contribution in [0.5, 0.6) is 5.75 Å². The van der Waals surface area contributed by atoms with Crippen molar-refractivity contribution in [1.29, 1.82) is 0 Å². The Hall–Kier alpha value is -3.05. The first-order valence-electron chi connectivity index (χ1n) is 9.46. The van der Waals surface area contributed by atoms with Crippen LogP contribution in [0.4, 0.5) is 0 Å². The van der Waals surface area contributed by atoms with Crippen molar-refractivity contribution in [2.24, 2.45) is 5.10 Å². The van der Waals surface area contributed by atoms with Crippen molar-refractivity contribution in [3.63, 3.8) is 0 Å². The molecule has 0 saturated heterocycles. The van der Waals surface area contributed by atoms with Gasteiger partial charge in [-0.25, -0.2) is 5.43 Å². The molecule has 6 heteroatoms. The monoisotopic (exact) mass is 410 g/mol. The molecule has 5 nitrogen and oxygen atoms in total. The number of furan rings is 1. The summed E-state index contributed by atoms with van der Waals surface area (Å²) in [6, 6.07) is 18.8. The zero-order valence-electron chi connectivity index (χ0n) is 16.4. The number of ether oxygens (including phenoxy) is 1. The van der Waals surface area contributed by atoms with Crippen LogP contribution >= 0.6 is 11.6 Å². The molecule has 0 aliphatic heterocycles. The molecule has 0 fully saturated rings. The van der Waals surface area contributed by atoms with Gasteiger partial charge in [0.25, 0.3) is 5.91 Å². The molecule has 0 aliphatic rings. The second-order valence-corrected chi connectivity index (χ2v) is 7.05. The molecule has 1 N–H and O–H groups in total. The van der Waals surface area contributed by atoms with Gasteiger partial charge in [0.15, 0.2) is 6.61 Å². The molecule has 1 amide bonds. The Kier molecular flexibility index (Phi) is 7.09. The van der Waals surface area contributed by atoms with Crippen LogP contribution in [0.3, 0.4) is 0 Å². The van der Waals surface area contributed by atoms with Gasteiger partial charge in [-0.3, -0.25) is 4.79 Å². The molecule has 3 rings (SSSR count). The Bertz CT molecular complexity index is 980. The van der Waals surface area contributed by atoms with Gasteiger partial charge < -0.3 is 9.15 Å². The molecule has 1 aromatic heterocycles. The lowest BCUT2D eigenvalue weighted by Crippen LogP contribution is -2.24. The van der Waals surface area contributed by atoms with Gasteiger partial charge in [0.05, 0.1) is 11.2 Å². The molecule has 0 aliphatic carbocycles. The lowest BCUT2D eigenvalue weighted by Gasteiger charge is -2.10. The molecule has 2 aromatic carbocycles. The third kappa shape index (κ3) is 5.72. The maximum absolute atomic E-state index is 11.9. The number of hydrogen-bond donors (Lipinski definition) is 1. The molecule has 0 radical (unpaired) electrons. The molecule has 0 spiro atoms. The molecular formula is C23H23ClN2O3. The maximum Gasteiger partial charge on any atom is 0.277 e. The number of halogens is 1. The van der Waals surface area contributed by atoms with Crippen LogP contribution in [0.2, 0.25) is 5.02 Å². The number of nitrogens with zero attached hydrogens (tertiary/aromatic N) is 1. The third-order valence-corrected chi connectivity index (χ3v) is 4.91. The standard InChI is InChI=1S/C23H23ClN2O3/c1-3-16(2)17-8-10-18(11-9-17)28-15-23(27)26-25-14-19-12-13-22(29-19)20-6-4-5-7-21(20)24/h4-14,16H,3,15H2,1-2H3,(H,26,27)/b25-14-. The highest BCUT2D eigenvalue weighted by atomic mass is 35.5. The minimum atomic E-state index is -0.356. The summed E-state index contributed by atoms with van der Waals surface area (Å²) in [5.74, 6) is 1.92. The highest BCUT2D eigenvalue weighted by Crippen LogP contribution is 2.28. The van der Waals surface area contributed by atoms with Gasteiger partial charge in [0, 0.05) is 5.56 Å². The second-order valence-electron chi connectivity index (χ2n) is 6.64. The molecule has 1 heterocycles. The lowest BCUT2D eigenvalue weighted by molar-refractivity contribution is -0.123. The number of rotatable bonds is 8. The van der Waals surface area contributed by atoms with Gasteiger partial charge in [-0.1, -0.05) is 49.7 Å². The van der Waals surface area contributed by atoms with E-state index in [1.807, 2.05) is 42.5 Å². The molecule has 0 bridgehead atoms. The molecule has 29 heavy (non-hydrogen) atoms. The summed E-state index contributed by atoms with van der Waals surface area (Å²) < 4.78 is 11.2. The van der Waals surface area contributed by atoms with Gasteiger partial charge in [0.1, 0.15) is 17.3 Å². The van der Waals surface area contributed by atoms with Crippen molar-refractivity contribution in [1.82, 2.24) is 5.43 Å². The van der Waals surface area contributed by atoms with E-state index < -0.39 is 0 Å². The number of nitrogens with one attached hydrogen (secondary N) is 1. The van der Waals surface area contributed by atoms with Crippen molar-refractivity contribution in [3.8, 4) is 17.1 Å². The summed E-state index contributed by atoms with van der Waals surface area (Å²) in [5.41, 5.74) is 4.47. The van der Waals surface area contributed by atoms with Crippen LogP contribution in [0.25, 0.3) is 11.3 Å². The highest BCUT2D eigenvalue weighted by molar-refractivity contribution is 6.33. The summed E-state index contributed by atoms with van der Waals surface area (Å²) in [7, 11) is 0. The Morgan fingerprint density at radius 1 is 1.17 bits per heavy atom. The van der Waals surface area contributed by atoms with E-state index >= 15 is 0 Å². The van der Waals surface area contributed by atoms with E-state index in [0.717, 1.165) is 12.0 Å². The summed E-state index contributed by atoms with van der Waals surface area (Å²) in [6.07, 6.45) is 2.51. The van der Waals surface area contributed by atoms with Crippen molar-refractivity contribution in [3.05, 3.63) is 77.0 Å². The van der Waals surface area contributed by atoms with Crippen LogP contribution < -0.4 is 10.2 Å². The number of benzene rings is 2. The molecule has 1 unspecified atom stereocenters. The van der Waals surface area contributed by atoms with Crippen molar-refractivity contribution >= 4 is 23.7 Å². The molecular weight excluding hydrogens is 388 g/mol. The highest BCUT2D eigenvalue weighted by Gasteiger charge is 2.08. The van der Waals surface area contributed by atoms with E-state index in [1.54, 1.807) is 18.2 Å². The molecule has 150 valence electrons. The van der Waals surface area contributed by atoms with Gasteiger partial charge in [-0.05, 0) is 54.3 Å². The normalized spacial score (nSPS) is 12.1. The molecule has 0 saturated carbocycles. The van der Waals surface area contributed by atoms with E-state index in [2.05, 4.69) is 24.4 Å². The second kappa shape index (κ2) is 9.94. The summed E-state index contributed by atoms with van der Waals surface area (Å²) in [4.78, 5) is 11.9. The SMILES string of the molecule is CCC(C)c1ccc(OCC(=O)N/N=C\c2ccc(-c3ccccc3Cl)o2)cc1. The fourth-order valence-corrected chi connectivity index (χ4v) is 2.93. The van der Waals surface area contributed by atoms with Gasteiger partial charge in [-0.2, -0.15) is 5.10 Å². The topological polar surface area (TPSA) is 63.8 Å². The predicted molar refractivity (Wildman–Crippen MR) is 116 cm³/mol. The fourth-order valence-electron chi connectivity index (χ4n) is 2.71. The maximum atomic E-state index is 11.9. The third-order valence-electron chi connectivity index (χ3n) is 4.58. The average Bonchev–Trinajstić information content (AvgIpc) is 3.21. The van der Waals surface area contributed by atoms with Crippen molar-refractivity contribution in [2.45, 2.75) is 26.2 Å². The van der Waals surface area contributed by atoms with E-state index in [4.69, 9.17) is 20.8 Å². The summed E-state index contributed by atoms with van der Waals surface area (Å²) >= 11 is 6.17. The lowest BCUT2D eigenvalue weighted by atomic mass is 9.99. The number of amides is 1. The van der Waals surface area contributed by atoms with E-state index in [0.29, 0.717) is 28.2 Å². The van der Waals surface area contributed by atoms with Crippen molar-refractivity contribution in [2.75, 3.05) is 6.61 Å². The fraction of sp³-hybridized carbons (Fsp3) is 0.217. The van der Waals surface area contributed by atoms with Crippen LogP contribution in [0.1, 0.15) is 37.5 Å². The largest absolute Gasteiger partial charge is 0.484 e. The summed E-state index contributed by atoms with van der Waals surface area (Å²) in [6.45, 7) is 4.21. The minimum Gasteiger partial charge on any atom is -0.484 e. The number of carbonyl (C=O) groups excluding carboxylic acids is 1. The van der Waals surface area contributed by atoms with Gasteiger partial charge in [-0.15, -0.1) is 0 Å². The quantitative estimate of drug-likeness (QED) is 0.386. The number of hydrogen-bond acceptors (Lipinski definition) is 4. The van der Waals surface area contributed by atoms with E-state index in [1.165, 1.54) is 11.8 Å². The Morgan fingerprint density at radius 3 is 2.66 bits per heavy atom. The predicted octanol–water partition coefficient (Wildman–Crippen LogP) is 5.64. The molecule has 3 aromatic rings. The smallest absolute Gasteiger partial charge is 0.277 e. The van der Waals surface area contributed by atoms with E-state index in [9.17, 15) is 4.79 Å². The van der Waals surface area contributed by atoms with E-state index in [-0.39, 0.29) is 12.5 Å². The average molecular weight is 411 g/mol. The Morgan fingerprint density at radius 2 is 1.93 bits per heavy atom. The number of carbonyl (C=O) groups is 1. The minimum absolute atomic E-state index is 0.122. The van der Waals surface area contributed by atoms with Crippen molar-refractivity contribution < 1.29 is 13.9 Å². The van der Waals surface area contributed by atoms with Crippen LogP contribution in [0, 0.1) is 0 Å². The zero-order chi connectivity index (χ0) is 20.6. The Labute approximate surface area is 175 Å². The van der Waals surface area contributed by atoms with Crippen LogP contribution in [-0.4, -0.2) is 18.7 Å². The van der Waals surface area contributed by atoms with Crippen LogP contribution in [-0.2, 0) is 4.79 Å². The van der Waals surface area contributed by atoms with Gasteiger partial charge in [0.2, 0.25) is 0 Å². The van der Waals surface area contributed by atoms with Gasteiger partial charge >= 0.3 is 0 Å². The zero-order valence-corrected chi connectivity index (χ0v) is 17.1. The Balaban J connectivity index is 1.48. The molecule has 1 atom stereocenters. The number of hydrazone groups is 1. The first kappa shape index (κ1) is 20.7. The van der Waals surface area contributed by atoms with Crippen LogP contribution in [0.15, 0.2) is 70.2 Å². The first-order valence-corrected chi connectivity index (χ1v) is 9.84. The summed E-state index contributed by atoms with van der Waals surface area (Å²) in [5, 5.41) is 4.50.